The Morgan fingerprint density at radius 1 is 0.769 bits per heavy atom. The van der Waals surface area contributed by atoms with Crippen LogP contribution < -0.4 is 15.5 Å². The zero-order chi connectivity index (χ0) is 27.2. The fraction of sp³-hybridized carbons (Fsp3) is 0.0323. The van der Waals surface area contributed by atoms with Gasteiger partial charge in [0.15, 0.2) is 0 Å². The molecule has 5 rings (SSSR count). The smallest absolute Gasteiger partial charge is 0.343 e. The van der Waals surface area contributed by atoms with E-state index in [9.17, 15) is 14.4 Å². The number of nitrogens with one attached hydrogen (secondary N) is 2. The molecule has 0 aliphatic rings. The number of halogens is 1. The molecule has 5 aromatic carbocycles. The predicted octanol–water partition coefficient (Wildman–Crippen LogP) is 5.75. The molecule has 0 aliphatic heterocycles. The molecule has 0 bridgehead atoms. The quantitative estimate of drug-likeness (QED) is 0.120. The van der Waals surface area contributed by atoms with Crippen molar-refractivity contribution in [2.45, 2.75) is 0 Å². The molecule has 0 aromatic heterocycles. The zero-order valence-electron chi connectivity index (χ0n) is 20.6. The van der Waals surface area contributed by atoms with Gasteiger partial charge < -0.3 is 10.1 Å². The average molecular weight is 536 g/mol. The minimum atomic E-state index is -0.559. The first-order chi connectivity index (χ1) is 19.0. The molecule has 0 saturated heterocycles. The number of hydrogen-bond donors (Lipinski definition) is 2. The number of esters is 1. The highest BCUT2D eigenvalue weighted by Crippen LogP contribution is 2.27. The SMILES string of the molecule is O=C(CNC(=O)c1cccc2ccccc12)N/N=C\c1c(OC(=O)c2ccc(Cl)cc2)ccc2ccccc12. The summed E-state index contributed by atoms with van der Waals surface area (Å²) in [4.78, 5) is 37.9. The largest absolute Gasteiger partial charge is 0.422 e. The van der Waals surface area contributed by atoms with E-state index in [0.717, 1.165) is 21.5 Å². The summed E-state index contributed by atoms with van der Waals surface area (Å²) in [5.41, 5.74) is 3.75. The number of hydrazone groups is 1. The number of fused-ring (bicyclic) bond motifs is 2. The second-order valence-corrected chi connectivity index (χ2v) is 9.03. The molecule has 0 aliphatic carbocycles. The van der Waals surface area contributed by atoms with Gasteiger partial charge in [0.05, 0.1) is 18.3 Å². The topological polar surface area (TPSA) is 96.9 Å². The van der Waals surface area contributed by atoms with Gasteiger partial charge in [-0.05, 0) is 57.9 Å². The molecule has 0 fully saturated rings. The first kappa shape index (κ1) is 25.6. The van der Waals surface area contributed by atoms with Crippen LogP contribution in [-0.2, 0) is 4.79 Å². The number of amides is 2. The maximum atomic E-state index is 12.7. The van der Waals surface area contributed by atoms with Crippen LogP contribution in [0.4, 0.5) is 0 Å². The summed E-state index contributed by atoms with van der Waals surface area (Å²) in [7, 11) is 0. The Kier molecular flexibility index (Phi) is 7.61. The van der Waals surface area contributed by atoms with Crippen molar-refractivity contribution in [3.05, 3.63) is 125 Å². The number of benzene rings is 5. The van der Waals surface area contributed by atoms with E-state index in [2.05, 4.69) is 15.8 Å². The Morgan fingerprint density at radius 3 is 2.21 bits per heavy atom. The van der Waals surface area contributed by atoms with Gasteiger partial charge in [-0.15, -0.1) is 0 Å². The van der Waals surface area contributed by atoms with E-state index in [1.54, 1.807) is 42.5 Å². The monoisotopic (exact) mass is 535 g/mol. The highest BCUT2D eigenvalue weighted by molar-refractivity contribution is 6.30. The van der Waals surface area contributed by atoms with Crippen molar-refractivity contribution in [1.82, 2.24) is 10.7 Å². The molecule has 0 saturated carbocycles. The van der Waals surface area contributed by atoms with Crippen LogP contribution in [0.5, 0.6) is 5.75 Å². The molecule has 0 unspecified atom stereocenters. The molecule has 7 nitrogen and oxygen atoms in total. The van der Waals surface area contributed by atoms with Crippen molar-refractivity contribution in [3.8, 4) is 5.75 Å². The lowest BCUT2D eigenvalue weighted by Gasteiger charge is -2.11. The summed E-state index contributed by atoms with van der Waals surface area (Å²) in [6, 6.07) is 30.3. The summed E-state index contributed by atoms with van der Waals surface area (Å²) in [6.45, 7) is -0.270. The molecule has 39 heavy (non-hydrogen) atoms. The van der Waals surface area contributed by atoms with Gasteiger partial charge in [0.25, 0.3) is 11.8 Å². The molecule has 192 valence electrons. The fourth-order valence-electron chi connectivity index (χ4n) is 4.13. The molecule has 0 spiro atoms. The van der Waals surface area contributed by atoms with Crippen LogP contribution in [0, 0.1) is 0 Å². The van der Waals surface area contributed by atoms with Crippen molar-refractivity contribution in [2.75, 3.05) is 6.54 Å². The Hall–Kier alpha value is -5.01. The second-order valence-electron chi connectivity index (χ2n) is 8.60. The summed E-state index contributed by atoms with van der Waals surface area (Å²) < 4.78 is 5.66. The molecule has 2 amide bonds. The lowest BCUT2D eigenvalue weighted by atomic mass is 10.0. The minimum absolute atomic E-state index is 0.270. The summed E-state index contributed by atoms with van der Waals surface area (Å²) in [6.07, 6.45) is 1.41. The molecule has 0 heterocycles. The Bertz CT molecular complexity index is 1730. The van der Waals surface area contributed by atoms with E-state index in [1.807, 2.05) is 60.7 Å². The first-order valence-corrected chi connectivity index (χ1v) is 12.4. The van der Waals surface area contributed by atoms with Crippen LogP contribution in [-0.4, -0.2) is 30.5 Å². The van der Waals surface area contributed by atoms with E-state index in [0.29, 0.717) is 21.7 Å². The number of rotatable bonds is 7. The second kappa shape index (κ2) is 11.6. The Balaban J connectivity index is 1.29. The van der Waals surface area contributed by atoms with Crippen LogP contribution in [0.15, 0.2) is 108 Å². The van der Waals surface area contributed by atoms with Gasteiger partial charge in [-0.1, -0.05) is 78.3 Å². The van der Waals surface area contributed by atoms with Gasteiger partial charge >= 0.3 is 5.97 Å². The summed E-state index contributed by atoms with van der Waals surface area (Å²) in [5, 5.41) is 10.6. The van der Waals surface area contributed by atoms with Gasteiger partial charge in [0.1, 0.15) is 5.75 Å². The van der Waals surface area contributed by atoms with E-state index in [-0.39, 0.29) is 18.2 Å². The fourth-order valence-corrected chi connectivity index (χ4v) is 4.26. The Morgan fingerprint density at radius 2 is 1.44 bits per heavy atom. The Labute approximate surface area is 229 Å². The van der Waals surface area contributed by atoms with E-state index < -0.39 is 11.9 Å². The van der Waals surface area contributed by atoms with Gasteiger partial charge in [-0.3, -0.25) is 9.59 Å². The third-order valence-electron chi connectivity index (χ3n) is 6.04. The average Bonchev–Trinajstić information content (AvgIpc) is 2.96. The van der Waals surface area contributed by atoms with Crippen molar-refractivity contribution in [3.63, 3.8) is 0 Å². The van der Waals surface area contributed by atoms with Gasteiger partial charge in [0, 0.05) is 16.1 Å². The standard InChI is InChI=1S/C31H22ClN3O4/c32-23-15-12-22(13-16-23)31(38)39-28-17-14-21-7-2-4-10-25(21)27(28)18-34-35-29(36)19-33-30(37)26-11-5-8-20-6-1-3-9-24(20)26/h1-18H,19H2,(H,33,37)(H,35,36)/b34-18-. The summed E-state index contributed by atoms with van der Waals surface area (Å²) >= 11 is 5.92. The maximum Gasteiger partial charge on any atom is 0.343 e. The summed E-state index contributed by atoms with van der Waals surface area (Å²) in [5.74, 6) is -1.16. The van der Waals surface area contributed by atoms with E-state index >= 15 is 0 Å². The number of hydrogen-bond acceptors (Lipinski definition) is 5. The lowest BCUT2D eigenvalue weighted by molar-refractivity contribution is -0.120. The minimum Gasteiger partial charge on any atom is -0.422 e. The molecule has 8 heteroatoms. The molecular weight excluding hydrogens is 514 g/mol. The molecule has 0 atom stereocenters. The van der Waals surface area contributed by atoms with E-state index in [1.165, 1.54) is 6.21 Å². The van der Waals surface area contributed by atoms with Crippen molar-refractivity contribution in [2.24, 2.45) is 5.10 Å². The van der Waals surface area contributed by atoms with Crippen LogP contribution >= 0.6 is 11.6 Å². The molecule has 0 radical (unpaired) electrons. The van der Waals surface area contributed by atoms with Crippen LogP contribution in [0.3, 0.4) is 0 Å². The molecule has 5 aromatic rings. The normalized spacial score (nSPS) is 11.0. The van der Waals surface area contributed by atoms with Crippen molar-refractivity contribution >= 4 is 57.1 Å². The van der Waals surface area contributed by atoms with Crippen molar-refractivity contribution in [1.29, 1.82) is 0 Å². The molecule has 2 N–H and O–H groups in total. The highest BCUT2D eigenvalue weighted by Gasteiger charge is 2.14. The first-order valence-electron chi connectivity index (χ1n) is 12.1. The number of carbonyl (C=O) groups is 3. The van der Waals surface area contributed by atoms with E-state index in [4.69, 9.17) is 16.3 Å². The maximum absolute atomic E-state index is 12.7. The number of nitrogens with zero attached hydrogens (tertiary/aromatic N) is 1. The van der Waals surface area contributed by atoms with Crippen LogP contribution in [0.1, 0.15) is 26.3 Å². The third-order valence-corrected chi connectivity index (χ3v) is 6.29. The van der Waals surface area contributed by atoms with Crippen molar-refractivity contribution < 1.29 is 19.1 Å². The van der Waals surface area contributed by atoms with Crippen LogP contribution in [0.25, 0.3) is 21.5 Å². The van der Waals surface area contributed by atoms with Gasteiger partial charge in [-0.2, -0.15) is 5.10 Å². The highest BCUT2D eigenvalue weighted by atomic mass is 35.5. The number of ether oxygens (including phenoxy) is 1. The predicted molar refractivity (Wildman–Crippen MR) is 152 cm³/mol. The molecular formula is C31H22ClN3O4. The van der Waals surface area contributed by atoms with Gasteiger partial charge in [0.2, 0.25) is 0 Å². The third kappa shape index (κ3) is 5.95. The lowest BCUT2D eigenvalue weighted by Crippen LogP contribution is -2.35. The zero-order valence-corrected chi connectivity index (χ0v) is 21.3. The van der Waals surface area contributed by atoms with Crippen LogP contribution in [0.2, 0.25) is 5.02 Å². The number of carbonyl (C=O) groups excluding carboxylic acids is 3. The van der Waals surface area contributed by atoms with Gasteiger partial charge in [-0.25, -0.2) is 10.2 Å².